The van der Waals surface area contributed by atoms with Crippen LogP contribution in [0.2, 0.25) is 0 Å². The number of ether oxygens (including phenoxy) is 1. The Hall–Kier alpha value is -2.76. The summed E-state index contributed by atoms with van der Waals surface area (Å²) in [7, 11) is 1.34. The molecule has 0 amide bonds. The Kier molecular flexibility index (Phi) is 3.82. The molecular formula is C17H16FN3O2. The van der Waals surface area contributed by atoms with Gasteiger partial charge in [0.2, 0.25) is 0 Å². The molecule has 6 heteroatoms. The summed E-state index contributed by atoms with van der Waals surface area (Å²) in [6.07, 6.45) is 3.52. The Balaban J connectivity index is 2.38. The summed E-state index contributed by atoms with van der Waals surface area (Å²) in [5, 5.41) is 0.635. The minimum atomic E-state index is -0.371. The van der Waals surface area contributed by atoms with Crippen molar-refractivity contribution in [3.8, 4) is 5.69 Å². The van der Waals surface area contributed by atoms with Crippen molar-refractivity contribution in [3.63, 3.8) is 0 Å². The number of rotatable bonds is 3. The first-order valence-electron chi connectivity index (χ1n) is 7.17. The summed E-state index contributed by atoms with van der Waals surface area (Å²) in [6.45, 7) is 3.68. The lowest BCUT2D eigenvalue weighted by molar-refractivity contribution is -0.139. The van der Waals surface area contributed by atoms with E-state index < -0.39 is 0 Å². The molecule has 2 aromatic heterocycles. The molecule has 0 aliphatic rings. The van der Waals surface area contributed by atoms with Crippen molar-refractivity contribution in [1.82, 2.24) is 14.5 Å². The van der Waals surface area contributed by atoms with Crippen LogP contribution in [-0.2, 0) is 16.0 Å². The molecule has 0 fully saturated rings. The van der Waals surface area contributed by atoms with E-state index in [1.807, 2.05) is 18.4 Å². The lowest BCUT2D eigenvalue weighted by atomic mass is 10.0. The van der Waals surface area contributed by atoms with Gasteiger partial charge in [-0.1, -0.05) is 0 Å². The number of aromatic nitrogens is 3. The van der Waals surface area contributed by atoms with Gasteiger partial charge in [-0.2, -0.15) is 0 Å². The molecule has 1 aromatic carbocycles. The first-order chi connectivity index (χ1) is 11.0. The van der Waals surface area contributed by atoms with Crippen LogP contribution in [0.25, 0.3) is 16.6 Å². The lowest BCUT2D eigenvalue weighted by Crippen LogP contribution is -2.12. The highest BCUT2D eigenvalue weighted by Gasteiger charge is 2.19. The van der Waals surface area contributed by atoms with E-state index in [-0.39, 0.29) is 18.2 Å². The summed E-state index contributed by atoms with van der Waals surface area (Å²) < 4.78 is 20.4. The zero-order chi connectivity index (χ0) is 16.6. The summed E-state index contributed by atoms with van der Waals surface area (Å²) in [5.41, 5.74) is 2.79. The van der Waals surface area contributed by atoms with Crippen molar-refractivity contribution >= 4 is 16.9 Å². The number of aryl methyl sites for hydroxylation is 2. The Morgan fingerprint density at radius 2 is 2.13 bits per heavy atom. The number of fused-ring (bicyclic) bond motifs is 1. The van der Waals surface area contributed by atoms with Gasteiger partial charge in [0, 0.05) is 29.0 Å². The third-order valence-electron chi connectivity index (χ3n) is 3.84. The Bertz CT molecular complexity index is 902. The Morgan fingerprint density at radius 3 is 2.78 bits per heavy atom. The van der Waals surface area contributed by atoms with Crippen LogP contribution in [0.3, 0.4) is 0 Å². The van der Waals surface area contributed by atoms with E-state index in [0.29, 0.717) is 27.8 Å². The lowest BCUT2D eigenvalue weighted by Gasteiger charge is -2.16. The highest BCUT2D eigenvalue weighted by atomic mass is 19.1. The largest absolute Gasteiger partial charge is 0.469 e. The van der Waals surface area contributed by atoms with Gasteiger partial charge in [0.25, 0.3) is 0 Å². The molecule has 0 aliphatic carbocycles. The summed E-state index contributed by atoms with van der Waals surface area (Å²) in [5.74, 6) is 0.0168. The van der Waals surface area contributed by atoms with Crippen molar-refractivity contribution in [3.05, 3.63) is 53.5 Å². The maximum absolute atomic E-state index is 13.8. The normalized spacial score (nSPS) is 11.0. The molecule has 0 N–H and O–H groups in total. The number of carbonyl (C=O) groups is 1. The number of imidazole rings is 1. The molecule has 0 saturated heterocycles. The van der Waals surface area contributed by atoms with Crippen LogP contribution in [0.1, 0.15) is 17.1 Å². The first kappa shape index (κ1) is 15.1. The Morgan fingerprint density at radius 1 is 1.35 bits per heavy atom. The van der Waals surface area contributed by atoms with Gasteiger partial charge in [-0.25, -0.2) is 9.37 Å². The van der Waals surface area contributed by atoms with Gasteiger partial charge in [-0.3, -0.25) is 9.78 Å². The molecule has 0 spiro atoms. The van der Waals surface area contributed by atoms with E-state index in [0.717, 1.165) is 5.82 Å². The second-order valence-electron chi connectivity index (χ2n) is 5.28. The van der Waals surface area contributed by atoms with Crippen molar-refractivity contribution in [2.45, 2.75) is 20.3 Å². The number of benzene rings is 1. The first-order valence-corrected chi connectivity index (χ1v) is 7.17. The predicted molar refractivity (Wildman–Crippen MR) is 84.0 cm³/mol. The molecule has 5 nitrogen and oxygen atoms in total. The molecule has 0 unspecified atom stereocenters. The number of methoxy groups -OCH3 is 1. The second-order valence-corrected chi connectivity index (χ2v) is 5.28. The van der Waals surface area contributed by atoms with Crippen LogP contribution in [0.5, 0.6) is 0 Å². The topological polar surface area (TPSA) is 57.0 Å². The molecule has 118 valence electrons. The monoisotopic (exact) mass is 313 g/mol. The van der Waals surface area contributed by atoms with Crippen molar-refractivity contribution in [1.29, 1.82) is 0 Å². The fourth-order valence-corrected chi connectivity index (χ4v) is 2.70. The molecular weight excluding hydrogens is 297 g/mol. The number of nitrogens with zero attached hydrogens (tertiary/aromatic N) is 3. The molecule has 3 rings (SSSR count). The fourth-order valence-electron chi connectivity index (χ4n) is 2.70. The zero-order valence-electron chi connectivity index (χ0n) is 13.1. The molecule has 23 heavy (non-hydrogen) atoms. The molecule has 0 saturated carbocycles. The molecule has 0 atom stereocenters. The van der Waals surface area contributed by atoms with E-state index in [9.17, 15) is 9.18 Å². The van der Waals surface area contributed by atoms with Crippen molar-refractivity contribution in [2.75, 3.05) is 7.11 Å². The summed E-state index contributed by atoms with van der Waals surface area (Å²) >= 11 is 0. The number of hydrogen-bond donors (Lipinski definition) is 0. The second kappa shape index (κ2) is 5.79. The highest BCUT2D eigenvalue weighted by Crippen LogP contribution is 2.29. The van der Waals surface area contributed by atoms with E-state index >= 15 is 0 Å². The van der Waals surface area contributed by atoms with E-state index in [2.05, 4.69) is 9.97 Å². The van der Waals surface area contributed by atoms with Crippen LogP contribution in [0.15, 0.2) is 30.6 Å². The van der Waals surface area contributed by atoms with Gasteiger partial charge in [0.05, 0.1) is 24.7 Å². The maximum Gasteiger partial charge on any atom is 0.310 e. The van der Waals surface area contributed by atoms with Crippen LogP contribution in [0, 0.1) is 19.7 Å². The van der Waals surface area contributed by atoms with Crippen LogP contribution >= 0.6 is 0 Å². The minimum absolute atomic E-state index is 0.0642. The molecule has 2 heterocycles. The van der Waals surface area contributed by atoms with Gasteiger partial charge in [-0.05, 0) is 32.0 Å². The number of halogens is 1. The zero-order valence-corrected chi connectivity index (χ0v) is 13.1. The predicted octanol–water partition coefficient (Wildman–Crippen LogP) is 2.89. The molecule has 0 radical (unpaired) electrons. The van der Waals surface area contributed by atoms with Gasteiger partial charge in [0.1, 0.15) is 11.6 Å². The molecule has 0 bridgehead atoms. The van der Waals surface area contributed by atoms with Crippen LogP contribution in [0.4, 0.5) is 4.39 Å². The molecule has 0 aliphatic heterocycles. The number of hydrogen-bond acceptors (Lipinski definition) is 4. The fraction of sp³-hybridized carbons (Fsp3) is 0.235. The van der Waals surface area contributed by atoms with Crippen LogP contribution in [-0.4, -0.2) is 27.6 Å². The third-order valence-corrected chi connectivity index (χ3v) is 3.84. The number of esters is 1. The Labute approximate surface area is 132 Å². The van der Waals surface area contributed by atoms with Gasteiger partial charge in [-0.15, -0.1) is 0 Å². The van der Waals surface area contributed by atoms with E-state index in [4.69, 9.17) is 4.74 Å². The smallest absolute Gasteiger partial charge is 0.310 e. The average molecular weight is 313 g/mol. The van der Waals surface area contributed by atoms with Gasteiger partial charge >= 0.3 is 5.97 Å². The van der Waals surface area contributed by atoms with Gasteiger partial charge in [0.15, 0.2) is 0 Å². The molecule has 3 aromatic rings. The van der Waals surface area contributed by atoms with Gasteiger partial charge < -0.3 is 9.30 Å². The quantitative estimate of drug-likeness (QED) is 0.698. The minimum Gasteiger partial charge on any atom is -0.469 e. The van der Waals surface area contributed by atoms with E-state index in [1.165, 1.54) is 19.2 Å². The average Bonchev–Trinajstić information content (AvgIpc) is 2.94. The van der Waals surface area contributed by atoms with E-state index in [1.54, 1.807) is 18.5 Å². The number of pyridine rings is 1. The number of carbonyl (C=O) groups excluding carboxylic acids is 1. The van der Waals surface area contributed by atoms with Crippen molar-refractivity contribution < 1.29 is 13.9 Å². The summed E-state index contributed by atoms with van der Waals surface area (Å²) in [6, 6.07) is 4.44. The summed E-state index contributed by atoms with van der Waals surface area (Å²) in [4.78, 5) is 20.5. The van der Waals surface area contributed by atoms with Crippen molar-refractivity contribution in [2.24, 2.45) is 0 Å². The highest BCUT2D eigenvalue weighted by molar-refractivity contribution is 5.91. The standard InChI is InChI=1S/C17H16FN3O2/c1-10-13(9-16(22)23-3)17(21-7-6-19-11(21)2)14-8-12(18)4-5-15(14)20-10/h4-8H,9H2,1-3H3. The van der Waals surface area contributed by atoms with Crippen LogP contribution < -0.4 is 0 Å². The maximum atomic E-state index is 13.8. The SMILES string of the molecule is COC(=O)Cc1c(C)nc2ccc(F)cc2c1-n1ccnc1C. The third kappa shape index (κ3) is 2.67.